The first-order valence-corrected chi connectivity index (χ1v) is 9.65. The van der Waals surface area contributed by atoms with Gasteiger partial charge in [0.25, 0.3) is 0 Å². The van der Waals surface area contributed by atoms with E-state index < -0.39 is 11.6 Å². The van der Waals surface area contributed by atoms with Crippen molar-refractivity contribution in [2.24, 2.45) is 0 Å². The second-order valence-corrected chi connectivity index (χ2v) is 7.06. The highest BCUT2D eigenvalue weighted by atomic mass is 19.2. The quantitative estimate of drug-likeness (QED) is 0.458. The Labute approximate surface area is 181 Å². The molecule has 10 heteroatoms. The number of rotatable bonds is 5. The molecule has 0 aliphatic rings. The van der Waals surface area contributed by atoms with Crippen molar-refractivity contribution in [2.45, 2.75) is 6.54 Å². The van der Waals surface area contributed by atoms with Gasteiger partial charge in [-0.05, 0) is 34.2 Å². The highest BCUT2D eigenvalue weighted by Gasteiger charge is 2.19. The minimum Gasteiger partial charge on any atom is -0.383 e. The minimum atomic E-state index is -1.06. The van der Waals surface area contributed by atoms with Crippen LogP contribution in [0.3, 0.4) is 0 Å². The van der Waals surface area contributed by atoms with Gasteiger partial charge in [-0.25, -0.2) is 13.8 Å². The summed E-state index contributed by atoms with van der Waals surface area (Å²) in [6, 6.07) is 15.5. The Morgan fingerprint density at radius 3 is 2.62 bits per heavy atom. The number of hydrogen-bond donors (Lipinski definition) is 1. The van der Waals surface area contributed by atoms with Crippen LogP contribution in [-0.2, 0) is 6.54 Å². The number of tetrazole rings is 1. The zero-order chi connectivity index (χ0) is 22.1. The number of halogens is 2. The SMILES string of the molecule is Nc1ncc(-c2cnn(Cc3ccccc3)c2)cc1-c1nnnn1-c1cccc(F)c1F. The molecule has 0 aliphatic carbocycles. The summed E-state index contributed by atoms with van der Waals surface area (Å²) in [5.74, 6) is -1.78. The van der Waals surface area contributed by atoms with Crippen LogP contribution in [0.1, 0.15) is 5.56 Å². The largest absolute Gasteiger partial charge is 0.383 e. The molecule has 5 aromatic rings. The van der Waals surface area contributed by atoms with Crippen LogP contribution < -0.4 is 5.73 Å². The van der Waals surface area contributed by atoms with Gasteiger partial charge in [-0.3, -0.25) is 4.68 Å². The van der Waals surface area contributed by atoms with Gasteiger partial charge in [0.1, 0.15) is 11.5 Å². The van der Waals surface area contributed by atoms with Crippen LogP contribution in [0.5, 0.6) is 0 Å². The van der Waals surface area contributed by atoms with Crippen molar-refractivity contribution < 1.29 is 8.78 Å². The number of nitrogens with two attached hydrogens (primary N) is 1. The standard InChI is InChI=1S/C22H16F2N8/c23-18-7-4-8-19(20(18)24)32-22(28-29-30-32)17-9-15(10-26-21(17)25)16-11-27-31(13-16)12-14-5-2-1-3-6-14/h1-11,13H,12H2,(H2,25,26). The average molecular weight is 430 g/mol. The number of hydrogen-bond acceptors (Lipinski definition) is 6. The van der Waals surface area contributed by atoms with Gasteiger partial charge in [-0.2, -0.15) is 9.78 Å². The fourth-order valence-electron chi connectivity index (χ4n) is 3.36. The Kier molecular flexibility index (Phi) is 4.86. The lowest BCUT2D eigenvalue weighted by molar-refractivity contribution is 0.501. The van der Waals surface area contributed by atoms with E-state index >= 15 is 0 Å². The van der Waals surface area contributed by atoms with Gasteiger partial charge in [0.2, 0.25) is 0 Å². The van der Waals surface area contributed by atoms with E-state index in [1.54, 1.807) is 18.5 Å². The van der Waals surface area contributed by atoms with E-state index in [0.717, 1.165) is 27.4 Å². The molecule has 3 heterocycles. The first kappa shape index (κ1) is 19.5. The summed E-state index contributed by atoms with van der Waals surface area (Å²) < 4.78 is 31.0. The number of nitrogen functional groups attached to an aromatic ring is 1. The summed E-state index contributed by atoms with van der Waals surface area (Å²) in [4.78, 5) is 4.24. The summed E-state index contributed by atoms with van der Waals surface area (Å²) in [5, 5.41) is 15.8. The van der Waals surface area contributed by atoms with Gasteiger partial charge in [0.15, 0.2) is 17.5 Å². The molecule has 3 aromatic heterocycles. The van der Waals surface area contributed by atoms with E-state index in [9.17, 15) is 8.78 Å². The Balaban J connectivity index is 1.52. The predicted molar refractivity (Wildman–Crippen MR) is 113 cm³/mol. The van der Waals surface area contributed by atoms with Crippen LogP contribution >= 0.6 is 0 Å². The molecule has 32 heavy (non-hydrogen) atoms. The summed E-state index contributed by atoms with van der Waals surface area (Å²) in [6.07, 6.45) is 5.22. The van der Waals surface area contributed by atoms with Crippen LogP contribution in [0, 0.1) is 11.6 Å². The van der Waals surface area contributed by atoms with E-state index in [1.807, 2.05) is 41.2 Å². The summed E-state index contributed by atoms with van der Waals surface area (Å²) in [7, 11) is 0. The zero-order valence-electron chi connectivity index (χ0n) is 16.6. The Hall–Kier alpha value is -4.47. The molecule has 0 saturated carbocycles. The maximum atomic E-state index is 14.3. The number of pyridine rings is 1. The van der Waals surface area contributed by atoms with E-state index in [4.69, 9.17) is 5.73 Å². The molecule has 158 valence electrons. The lowest BCUT2D eigenvalue weighted by atomic mass is 10.1. The number of anilines is 1. The molecule has 8 nitrogen and oxygen atoms in total. The second-order valence-electron chi connectivity index (χ2n) is 7.06. The van der Waals surface area contributed by atoms with E-state index in [0.29, 0.717) is 12.1 Å². The molecule has 0 amide bonds. The normalized spacial score (nSPS) is 11.1. The molecular formula is C22H16F2N8. The van der Waals surface area contributed by atoms with Crippen LogP contribution in [0.15, 0.2) is 73.2 Å². The second kappa shape index (κ2) is 7.99. The van der Waals surface area contributed by atoms with Crippen LogP contribution in [0.4, 0.5) is 14.6 Å². The first-order valence-electron chi connectivity index (χ1n) is 9.65. The van der Waals surface area contributed by atoms with Gasteiger partial charge in [-0.15, -0.1) is 5.10 Å². The van der Waals surface area contributed by atoms with Crippen LogP contribution in [0.2, 0.25) is 0 Å². The van der Waals surface area contributed by atoms with Gasteiger partial charge in [-0.1, -0.05) is 36.4 Å². The molecule has 0 radical (unpaired) electrons. The smallest absolute Gasteiger partial charge is 0.190 e. The van der Waals surface area contributed by atoms with Gasteiger partial charge in [0, 0.05) is 23.5 Å². The molecule has 0 spiro atoms. The number of benzene rings is 2. The highest BCUT2D eigenvalue weighted by molar-refractivity contribution is 5.76. The third-order valence-electron chi connectivity index (χ3n) is 4.94. The van der Waals surface area contributed by atoms with Crippen molar-refractivity contribution in [3.8, 4) is 28.2 Å². The summed E-state index contributed by atoms with van der Waals surface area (Å²) >= 11 is 0. The van der Waals surface area contributed by atoms with Crippen molar-refractivity contribution in [3.63, 3.8) is 0 Å². The zero-order valence-corrected chi connectivity index (χ0v) is 16.6. The third kappa shape index (κ3) is 3.58. The summed E-state index contributed by atoms with van der Waals surface area (Å²) in [5.41, 5.74) is 8.98. The molecule has 0 fully saturated rings. The lowest BCUT2D eigenvalue weighted by Gasteiger charge is -2.09. The fraction of sp³-hybridized carbons (Fsp3) is 0.0455. The molecule has 0 saturated heterocycles. The maximum absolute atomic E-state index is 14.3. The molecule has 2 aromatic carbocycles. The molecule has 0 aliphatic heterocycles. The Morgan fingerprint density at radius 1 is 0.938 bits per heavy atom. The first-order chi connectivity index (χ1) is 15.6. The number of nitrogens with zero attached hydrogens (tertiary/aromatic N) is 7. The fourth-order valence-corrected chi connectivity index (χ4v) is 3.36. The molecule has 2 N–H and O–H groups in total. The van der Waals surface area contributed by atoms with Crippen molar-refractivity contribution in [2.75, 3.05) is 5.73 Å². The third-order valence-corrected chi connectivity index (χ3v) is 4.94. The van der Waals surface area contributed by atoms with Crippen molar-refractivity contribution in [1.82, 2.24) is 35.0 Å². The monoisotopic (exact) mass is 430 g/mol. The molecule has 0 bridgehead atoms. The maximum Gasteiger partial charge on any atom is 0.190 e. The van der Waals surface area contributed by atoms with Gasteiger partial charge in [0.05, 0.1) is 18.3 Å². The van der Waals surface area contributed by atoms with E-state index in [-0.39, 0.29) is 17.3 Å². The molecule has 0 unspecified atom stereocenters. The topological polar surface area (TPSA) is 100 Å². The van der Waals surface area contributed by atoms with Gasteiger partial charge >= 0.3 is 0 Å². The van der Waals surface area contributed by atoms with Crippen molar-refractivity contribution in [3.05, 3.63) is 90.4 Å². The van der Waals surface area contributed by atoms with Crippen molar-refractivity contribution in [1.29, 1.82) is 0 Å². The number of aromatic nitrogens is 7. The molecular weight excluding hydrogens is 414 g/mol. The Morgan fingerprint density at radius 2 is 1.78 bits per heavy atom. The van der Waals surface area contributed by atoms with Gasteiger partial charge < -0.3 is 5.73 Å². The van der Waals surface area contributed by atoms with Crippen molar-refractivity contribution >= 4 is 5.82 Å². The van der Waals surface area contributed by atoms with E-state index in [1.165, 1.54) is 12.1 Å². The highest BCUT2D eigenvalue weighted by Crippen LogP contribution is 2.30. The molecule has 5 rings (SSSR count). The van der Waals surface area contributed by atoms with E-state index in [2.05, 4.69) is 25.6 Å². The Bertz CT molecular complexity index is 1390. The lowest BCUT2D eigenvalue weighted by Crippen LogP contribution is -2.06. The average Bonchev–Trinajstić information content (AvgIpc) is 3.47. The summed E-state index contributed by atoms with van der Waals surface area (Å²) in [6.45, 7) is 0.618. The van der Waals surface area contributed by atoms with Crippen LogP contribution in [-0.4, -0.2) is 35.0 Å². The van der Waals surface area contributed by atoms with Crippen LogP contribution in [0.25, 0.3) is 28.2 Å². The molecule has 0 atom stereocenters. The predicted octanol–water partition coefficient (Wildman–Crippen LogP) is 3.50. The minimum absolute atomic E-state index is 0.134.